The van der Waals surface area contributed by atoms with Gasteiger partial charge in [-0.1, -0.05) is 20.8 Å². The molecule has 186 valence electrons. The number of hydrogen-bond acceptors (Lipinski definition) is 5. The molecule has 8 nitrogen and oxygen atoms in total. The Labute approximate surface area is 196 Å². The van der Waals surface area contributed by atoms with E-state index in [1.165, 1.54) is 31.3 Å². The minimum absolute atomic E-state index is 0.192. The van der Waals surface area contributed by atoms with Gasteiger partial charge < -0.3 is 24.8 Å². The highest BCUT2D eigenvalue weighted by molar-refractivity contribution is 5.97. The number of rotatable bonds is 5. The number of hydrogen-bond donors (Lipinski definition) is 2. The van der Waals surface area contributed by atoms with Crippen molar-refractivity contribution in [2.24, 2.45) is 5.41 Å². The summed E-state index contributed by atoms with van der Waals surface area (Å²) in [6.45, 7) is 7.42. The molecule has 0 unspecified atom stereocenters. The van der Waals surface area contributed by atoms with Crippen molar-refractivity contribution < 1.29 is 27.5 Å². The van der Waals surface area contributed by atoms with Gasteiger partial charge in [0.2, 0.25) is 5.91 Å². The van der Waals surface area contributed by atoms with Crippen LogP contribution in [0, 0.1) is 5.41 Å². The van der Waals surface area contributed by atoms with Crippen molar-refractivity contribution in [2.75, 3.05) is 20.6 Å². The van der Waals surface area contributed by atoms with E-state index < -0.39 is 23.7 Å². The van der Waals surface area contributed by atoms with E-state index in [1.54, 1.807) is 0 Å². The third kappa shape index (κ3) is 5.88. The molecule has 1 aromatic carbocycles. The number of ether oxygens (including phenoxy) is 1. The van der Waals surface area contributed by atoms with E-state index in [9.17, 15) is 22.8 Å². The van der Waals surface area contributed by atoms with Crippen LogP contribution in [0.15, 0.2) is 24.3 Å². The highest BCUT2D eigenvalue weighted by atomic mass is 19.4. The van der Waals surface area contributed by atoms with Crippen molar-refractivity contribution >= 4 is 11.8 Å². The first-order valence-corrected chi connectivity index (χ1v) is 11.0. The maximum atomic E-state index is 13.3. The lowest BCUT2D eigenvalue weighted by Gasteiger charge is -2.29. The Balaban J connectivity index is 2.01. The molecule has 2 N–H and O–H groups in total. The molecule has 34 heavy (non-hydrogen) atoms. The number of nitrogens with zero attached hydrogens (tertiary/aromatic N) is 3. The minimum Gasteiger partial charge on any atom is -0.406 e. The fraction of sp³-hybridized carbons (Fsp3) is 0.522. The second-order valence-corrected chi connectivity index (χ2v) is 9.43. The monoisotopic (exact) mass is 481 g/mol. The lowest BCUT2D eigenvalue weighted by Crippen LogP contribution is -2.53. The van der Waals surface area contributed by atoms with Crippen molar-refractivity contribution in [3.63, 3.8) is 0 Å². The molecular formula is C23H30F3N5O3. The van der Waals surface area contributed by atoms with Gasteiger partial charge in [0.1, 0.15) is 17.6 Å². The number of halogens is 3. The smallest absolute Gasteiger partial charge is 0.406 e. The minimum atomic E-state index is -4.78. The maximum Gasteiger partial charge on any atom is 0.573 e. The van der Waals surface area contributed by atoms with Gasteiger partial charge in [0.25, 0.3) is 5.91 Å². The van der Waals surface area contributed by atoms with Crippen LogP contribution in [-0.4, -0.2) is 59.3 Å². The molecule has 0 spiro atoms. The van der Waals surface area contributed by atoms with Crippen LogP contribution in [0.25, 0.3) is 11.4 Å². The van der Waals surface area contributed by atoms with E-state index in [0.29, 0.717) is 30.2 Å². The zero-order valence-corrected chi connectivity index (χ0v) is 19.9. The third-order valence-corrected chi connectivity index (χ3v) is 5.62. The number of alkyl halides is 3. The van der Waals surface area contributed by atoms with Crippen LogP contribution < -0.4 is 15.4 Å². The summed E-state index contributed by atoms with van der Waals surface area (Å²) in [6, 6.07) is 4.61. The summed E-state index contributed by atoms with van der Waals surface area (Å²) in [6.07, 6.45) is -3.97. The SMILES string of the molecule is CNC(=O)[C@@H](NC(=O)c1nc(-c2ccc(OC(F)(F)F)cc2)n2c1CN(C)CCC2)C(C)(C)C. The van der Waals surface area contributed by atoms with E-state index >= 15 is 0 Å². The summed E-state index contributed by atoms with van der Waals surface area (Å²) >= 11 is 0. The first kappa shape index (κ1) is 25.5. The topological polar surface area (TPSA) is 88.5 Å². The van der Waals surface area contributed by atoms with E-state index in [4.69, 9.17) is 0 Å². The average molecular weight is 482 g/mol. The van der Waals surface area contributed by atoms with Crippen LogP contribution >= 0.6 is 0 Å². The van der Waals surface area contributed by atoms with E-state index in [0.717, 1.165) is 13.0 Å². The Bertz CT molecular complexity index is 1040. The quantitative estimate of drug-likeness (QED) is 0.685. The summed E-state index contributed by atoms with van der Waals surface area (Å²) in [4.78, 5) is 32.4. The molecule has 0 fully saturated rings. The van der Waals surface area contributed by atoms with Gasteiger partial charge in [-0.25, -0.2) is 4.98 Å². The third-order valence-electron chi connectivity index (χ3n) is 5.62. The van der Waals surface area contributed by atoms with E-state index in [2.05, 4.69) is 25.3 Å². The van der Waals surface area contributed by atoms with Crippen LogP contribution in [0.3, 0.4) is 0 Å². The van der Waals surface area contributed by atoms with Crippen molar-refractivity contribution in [1.82, 2.24) is 25.1 Å². The number of amides is 2. The lowest BCUT2D eigenvalue weighted by atomic mass is 9.86. The van der Waals surface area contributed by atoms with Gasteiger partial charge in [0.05, 0.1) is 5.69 Å². The first-order chi connectivity index (χ1) is 15.8. The summed E-state index contributed by atoms with van der Waals surface area (Å²) in [7, 11) is 3.45. The predicted octanol–water partition coefficient (Wildman–Crippen LogP) is 3.17. The molecule has 3 rings (SSSR count). The van der Waals surface area contributed by atoms with Gasteiger partial charge in [-0.2, -0.15) is 0 Å². The normalized spacial score (nSPS) is 15.8. The number of nitrogens with one attached hydrogen (secondary N) is 2. The number of carbonyl (C=O) groups is 2. The molecule has 0 bridgehead atoms. The molecule has 0 aliphatic carbocycles. The molecule has 1 aliphatic heterocycles. The van der Waals surface area contributed by atoms with Gasteiger partial charge in [-0.3, -0.25) is 9.59 Å². The zero-order chi connectivity index (χ0) is 25.3. The average Bonchev–Trinajstić information content (AvgIpc) is 2.96. The summed E-state index contributed by atoms with van der Waals surface area (Å²) in [5.41, 5.74) is 0.892. The molecule has 2 heterocycles. The molecule has 2 amide bonds. The van der Waals surface area contributed by atoms with Crippen LogP contribution in [0.1, 0.15) is 43.4 Å². The summed E-state index contributed by atoms with van der Waals surface area (Å²) in [5.74, 6) is -0.661. The van der Waals surface area contributed by atoms with Gasteiger partial charge in [-0.15, -0.1) is 13.2 Å². The van der Waals surface area contributed by atoms with Crippen molar-refractivity contribution in [3.8, 4) is 17.1 Å². The number of aromatic nitrogens is 2. The van der Waals surface area contributed by atoms with Crippen LogP contribution in [0.4, 0.5) is 13.2 Å². The van der Waals surface area contributed by atoms with Gasteiger partial charge in [0, 0.05) is 25.7 Å². The van der Waals surface area contributed by atoms with Gasteiger partial charge in [-0.05, 0) is 49.7 Å². The fourth-order valence-electron chi connectivity index (χ4n) is 3.95. The molecular weight excluding hydrogens is 451 g/mol. The van der Waals surface area contributed by atoms with Crippen molar-refractivity contribution in [1.29, 1.82) is 0 Å². The highest BCUT2D eigenvalue weighted by Gasteiger charge is 2.35. The number of imidazole rings is 1. The molecule has 2 aromatic rings. The summed E-state index contributed by atoms with van der Waals surface area (Å²) in [5, 5.41) is 5.40. The molecule has 0 radical (unpaired) electrons. The molecule has 1 aromatic heterocycles. The Kier molecular flexibility index (Phi) is 7.25. The number of carbonyl (C=O) groups excluding carboxylic acids is 2. The van der Waals surface area contributed by atoms with Crippen molar-refractivity contribution in [3.05, 3.63) is 35.7 Å². The lowest BCUT2D eigenvalue weighted by molar-refractivity contribution is -0.274. The molecule has 1 aliphatic rings. The number of likely N-dealkylation sites (N-methyl/N-ethyl adjacent to an activating group) is 1. The molecule has 0 saturated heterocycles. The zero-order valence-electron chi connectivity index (χ0n) is 19.9. The van der Waals surface area contributed by atoms with E-state index in [-0.39, 0.29) is 17.4 Å². The number of benzene rings is 1. The Hall–Kier alpha value is -3.08. The Morgan fingerprint density at radius 1 is 1.12 bits per heavy atom. The van der Waals surface area contributed by atoms with E-state index in [1.807, 2.05) is 32.4 Å². The second-order valence-electron chi connectivity index (χ2n) is 9.43. The standard InChI is InChI=1S/C23H30F3N5O3/c1-22(2,3)18(21(33)27-4)29-20(32)17-16-13-30(5)11-6-12-31(16)19(28-17)14-7-9-15(10-8-14)34-23(24,25)26/h7-10,18H,6,11-13H2,1-5H3,(H,27,33)(H,29,32)/t18-/m1/s1. The predicted molar refractivity (Wildman–Crippen MR) is 120 cm³/mol. The Morgan fingerprint density at radius 2 is 1.76 bits per heavy atom. The fourth-order valence-corrected chi connectivity index (χ4v) is 3.95. The highest BCUT2D eigenvalue weighted by Crippen LogP contribution is 2.30. The number of fused-ring (bicyclic) bond motifs is 1. The van der Waals surface area contributed by atoms with Gasteiger partial charge in [0.15, 0.2) is 5.69 Å². The van der Waals surface area contributed by atoms with Crippen LogP contribution in [-0.2, 0) is 17.9 Å². The van der Waals surface area contributed by atoms with Gasteiger partial charge >= 0.3 is 6.36 Å². The van der Waals surface area contributed by atoms with Crippen LogP contribution in [0.5, 0.6) is 5.75 Å². The Morgan fingerprint density at radius 3 is 2.32 bits per heavy atom. The summed E-state index contributed by atoms with van der Waals surface area (Å²) < 4.78 is 43.4. The maximum absolute atomic E-state index is 13.3. The molecule has 1 atom stereocenters. The first-order valence-electron chi connectivity index (χ1n) is 11.0. The van der Waals surface area contributed by atoms with Crippen LogP contribution in [0.2, 0.25) is 0 Å². The molecule has 11 heteroatoms. The second kappa shape index (κ2) is 9.65. The largest absolute Gasteiger partial charge is 0.573 e. The van der Waals surface area contributed by atoms with Crippen molar-refractivity contribution in [2.45, 2.75) is 52.7 Å². The molecule has 0 saturated carbocycles.